The molecule has 2 aromatic carbocycles. The Morgan fingerprint density at radius 3 is 2.54 bits per heavy atom. The van der Waals surface area contributed by atoms with E-state index in [1.807, 2.05) is 18.2 Å². The van der Waals surface area contributed by atoms with Crippen LogP contribution in [0.3, 0.4) is 0 Å². The van der Waals surface area contributed by atoms with Crippen molar-refractivity contribution in [3.05, 3.63) is 53.6 Å². The van der Waals surface area contributed by atoms with E-state index in [9.17, 15) is 0 Å². The van der Waals surface area contributed by atoms with E-state index in [-0.39, 0.29) is 5.41 Å². The van der Waals surface area contributed by atoms with E-state index in [1.165, 1.54) is 11.3 Å². The third-order valence-electron chi connectivity index (χ3n) is 5.89. The first-order valence-corrected chi connectivity index (χ1v) is 8.75. The number of rotatable bonds is 3. The average molecular weight is 352 g/mol. The number of anilines is 1. The summed E-state index contributed by atoms with van der Waals surface area (Å²) in [7, 11) is 5.38. The molecule has 0 N–H and O–H groups in total. The first kappa shape index (κ1) is 16.8. The van der Waals surface area contributed by atoms with E-state index in [0.717, 1.165) is 22.8 Å². The number of likely N-dealkylation sites (N-methyl/N-ethyl adjacent to an activating group) is 1. The van der Waals surface area contributed by atoms with Crippen LogP contribution in [0.5, 0.6) is 11.5 Å². The summed E-state index contributed by atoms with van der Waals surface area (Å²) in [4.78, 5) is 8.38. The van der Waals surface area contributed by atoms with Gasteiger partial charge in [-0.05, 0) is 37.6 Å². The lowest BCUT2D eigenvalue weighted by Crippen LogP contribution is -2.54. The van der Waals surface area contributed by atoms with Gasteiger partial charge in [-0.25, -0.2) is 0 Å². The van der Waals surface area contributed by atoms with E-state index in [1.54, 1.807) is 14.2 Å². The maximum Gasteiger partial charge on any atom is 0.224 e. The van der Waals surface area contributed by atoms with E-state index in [0.29, 0.717) is 6.42 Å². The number of fused-ring (bicyclic) bond motifs is 1. The fraction of sp³-hybridized carbons (Fsp3) is 0.381. The third-order valence-corrected chi connectivity index (χ3v) is 5.89. The largest absolute Gasteiger partial charge is 0.497 e. The molecule has 0 saturated heterocycles. The Labute approximate surface area is 154 Å². The Balaban J connectivity index is 1.73. The Morgan fingerprint density at radius 2 is 1.85 bits per heavy atom. The molecule has 2 aliphatic heterocycles. The number of hydrogen-bond acceptors (Lipinski definition) is 5. The highest BCUT2D eigenvalue weighted by Crippen LogP contribution is 2.55. The van der Waals surface area contributed by atoms with Gasteiger partial charge in [-0.1, -0.05) is 23.4 Å². The summed E-state index contributed by atoms with van der Waals surface area (Å²) in [5.41, 5.74) is 3.54. The second-order valence-corrected chi connectivity index (χ2v) is 7.36. The number of ether oxygens (including phenoxy) is 2. The average Bonchev–Trinajstić information content (AvgIpc) is 3.19. The molecule has 5 nitrogen and oxygen atoms in total. The third kappa shape index (κ3) is 2.06. The molecule has 5 heteroatoms. The molecule has 2 aliphatic rings. The lowest BCUT2D eigenvalue weighted by atomic mass is 9.75. The Bertz CT molecular complexity index is 891. The molecule has 2 aromatic rings. The van der Waals surface area contributed by atoms with Crippen LogP contribution in [-0.2, 0) is 10.3 Å². The molecule has 0 fully saturated rings. The summed E-state index contributed by atoms with van der Waals surface area (Å²) in [5, 5.41) is 4.49. The number of hydrogen-bond donors (Lipinski definition) is 0. The van der Waals surface area contributed by atoms with Gasteiger partial charge in [-0.3, -0.25) is 0 Å². The smallest absolute Gasteiger partial charge is 0.224 e. The zero-order chi connectivity index (χ0) is 18.5. The van der Waals surface area contributed by atoms with E-state index in [2.05, 4.69) is 55.2 Å². The monoisotopic (exact) mass is 352 g/mol. The van der Waals surface area contributed by atoms with Crippen LogP contribution < -0.4 is 14.4 Å². The lowest BCUT2D eigenvalue weighted by molar-refractivity contribution is -0.0591. The van der Waals surface area contributed by atoms with Gasteiger partial charge in [0.05, 0.1) is 31.8 Å². The standard InChI is InChI=1S/C21H24N2O3/c1-20(2)16-8-6-7-9-18(16)23(3)21(20)13-17(22-26-21)15-11-10-14(24-4)12-19(15)25-5/h6-12H,13H2,1-5H3/t21-/m0/s1. The van der Waals surface area contributed by atoms with Crippen molar-refractivity contribution in [1.82, 2.24) is 0 Å². The van der Waals surface area contributed by atoms with Crippen molar-refractivity contribution in [2.24, 2.45) is 5.16 Å². The summed E-state index contributed by atoms with van der Waals surface area (Å²) in [6, 6.07) is 14.2. The van der Waals surface area contributed by atoms with Crippen LogP contribution in [0.15, 0.2) is 47.6 Å². The van der Waals surface area contributed by atoms with E-state index >= 15 is 0 Å². The lowest BCUT2D eigenvalue weighted by Gasteiger charge is -2.40. The molecule has 0 saturated carbocycles. The first-order chi connectivity index (χ1) is 12.4. The van der Waals surface area contributed by atoms with Crippen molar-refractivity contribution >= 4 is 11.4 Å². The molecule has 0 unspecified atom stereocenters. The van der Waals surface area contributed by atoms with Crippen LogP contribution in [0.25, 0.3) is 0 Å². The SMILES string of the molecule is COc1ccc(C2=NO[C@]3(C2)N(C)c2ccccc2C3(C)C)c(OC)c1. The normalized spacial score (nSPS) is 22.8. The van der Waals surface area contributed by atoms with Crippen LogP contribution in [-0.4, -0.2) is 32.7 Å². The molecule has 0 aliphatic carbocycles. The van der Waals surface area contributed by atoms with E-state index < -0.39 is 5.72 Å². The zero-order valence-corrected chi connectivity index (χ0v) is 15.9. The van der Waals surface area contributed by atoms with Crippen LogP contribution in [0.1, 0.15) is 31.4 Å². The second-order valence-electron chi connectivity index (χ2n) is 7.36. The molecule has 136 valence electrons. The van der Waals surface area contributed by atoms with Gasteiger partial charge in [0.2, 0.25) is 5.72 Å². The van der Waals surface area contributed by atoms with Crippen molar-refractivity contribution in [3.8, 4) is 11.5 Å². The first-order valence-electron chi connectivity index (χ1n) is 8.75. The molecular weight excluding hydrogens is 328 g/mol. The molecule has 0 radical (unpaired) electrons. The quantitative estimate of drug-likeness (QED) is 0.839. The molecule has 1 spiro atoms. The van der Waals surface area contributed by atoms with Crippen molar-refractivity contribution in [2.75, 3.05) is 26.2 Å². The summed E-state index contributed by atoms with van der Waals surface area (Å²) >= 11 is 0. The van der Waals surface area contributed by atoms with Gasteiger partial charge in [0.25, 0.3) is 0 Å². The predicted octanol–water partition coefficient (Wildman–Crippen LogP) is 3.95. The predicted molar refractivity (Wildman–Crippen MR) is 102 cm³/mol. The van der Waals surface area contributed by atoms with Crippen molar-refractivity contribution < 1.29 is 14.3 Å². The maximum atomic E-state index is 6.16. The number of nitrogens with zero attached hydrogens (tertiary/aromatic N) is 2. The molecule has 0 aromatic heterocycles. The number of oxime groups is 1. The molecule has 0 bridgehead atoms. The zero-order valence-electron chi connectivity index (χ0n) is 15.9. The minimum atomic E-state index is -0.545. The molecular formula is C21H24N2O3. The number of para-hydroxylation sites is 1. The van der Waals surface area contributed by atoms with Crippen LogP contribution in [0.2, 0.25) is 0 Å². The van der Waals surface area contributed by atoms with Crippen molar-refractivity contribution in [1.29, 1.82) is 0 Å². The van der Waals surface area contributed by atoms with E-state index in [4.69, 9.17) is 14.3 Å². The number of methoxy groups -OCH3 is 2. The van der Waals surface area contributed by atoms with Crippen LogP contribution in [0, 0.1) is 0 Å². The Morgan fingerprint density at radius 1 is 1.08 bits per heavy atom. The molecule has 0 amide bonds. The summed E-state index contributed by atoms with van der Waals surface area (Å²) < 4.78 is 10.9. The summed E-state index contributed by atoms with van der Waals surface area (Å²) in [6.45, 7) is 4.44. The summed E-state index contributed by atoms with van der Waals surface area (Å²) in [6.07, 6.45) is 0.674. The topological polar surface area (TPSA) is 43.3 Å². The van der Waals surface area contributed by atoms with Crippen LogP contribution in [0.4, 0.5) is 5.69 Å². The highest BCUT2D eigenvalue weighted by Gasteiger charge is 2.61. The second kappa shape index (κ2) is 5.66. The van der Waals surface area contributed by atoms with Gasteiger partial charge >= 0.3 is 0 Å². The Hall–Kier alpha value is -2.69. The van der Waals surface area contributed by atoms with Crippen molar-refractivity contribution in [3.63, 3.8) is 0 Å². The van der Waals surface area contributed by atoms with Gasteiger partial charge in [0.1, 0.15) is 11.5 Å². The van der Waals surface area contributed by atoms with Gasteiger partial charge in [0, 0.05) is 24.4 Å². The Kier molecular flexibility index (Phi) is 3.65. The minimum absolute atomic E-state index is 0.205. The molecule has 26 heavy (non-hydrogen) atoms. The fourth-order valence-corrected chi connectivity index (χ4v) is 4.24. The molecule has 4 rings (SSSR count). The van der Waals surface area contributed by atoms with Gasteiger partial charge in [-0.15, -0.1) is 0 Å². The maximum absolute atomic E-state index is 6.16. The molecule has 1 atom stereocenters. The number of benzene rings is 2. The molecule has 2 heterocycles. The highest BCUT2D eigenvalue weighted by molar-refractivity contribution is 6.04. The minimum Gasteiger partial charge on any atom is -0.497 e. The van der Waals surface area contributed by atoms with Crippen molar-refractivity contribution in [2.45, 2.75) is 31.4 Å². The van der Waals surface area contributed by atoms with Gasteiger partial charge in [-0.2, -0.15) is 0 Å². The fourth-order valence-electron chi connectivity index (χ4n) is 4.24. The van der Waals surface area contributed by atoms with Crippen LogP contribution >= 0.6 is 0 Å². The van der Waals surface area contributed by atoms with Gasteiger partial charge in [0.15, 0.2) is 0 Å². The summed E-state index contributed by atoms with van der Waals surface area (Å²) in [5.74, 6) is 1.49. The van der Waals surface area contributed by atoms with Gasteiger partial charge < -0.3 is 19.2 Å². The highest BCUT2D eigenvalue weighted by atomic mass is 16.7.